The van der Waals surface area contributed by atoms with Crippen LogP contribution in [0, 0.1) is 5.41 Å². The second-order valence-electron chi connectivity index (χ2n) is 2.92. The summed E-state index contributed by atoms with van der Waals surface area (Å²) in [6.07, 6.45) is 1.27. The smallest absolute Gasteiger partial charge is 0.0996 e. The van der Waals surface area contributed by atoms with Gasteiger partial charge in [-0.05, 0) is 0 Å². The maximum Gasteiger partial charge on any atom is 0.0996 e. The van der Waals surface area contributed by atoms with E-state index >= 15 is 0 Å². The maximum atomic E-state index is 6.78. The Bertz CT molecular complexity index is 163. The predicted octanol–water partition coefficient (Wildman–Crippen LogP) is -0.157. The summed E-state index contributed by atoms with van der Waals surface area (Å²) in [5.41, 5.74) is 0. The zero-order chi connectivity index (χ0) is 9.52. The molecule has 0 aliphatic carbocycles. The number of nitrogens with one attached hydrogen (secondary N) is 1. The fourth-order valence-corrected chi connectivity index (χ4v) is 1.25. The van der Waals surface area contributed by atoms with Crippen molar-refractivity contribution in [2.24, 2.45) is 5.10 Å². The van der Waals surface area contributed by atoms with Crippen molar-refractivity contribution < 1.29 is 4.74 Å². The summed E-state index contributed by atoms with van der Waals surface area (Å²) in [7, 11) is 0. The standard InChI is InChI=1S/C8H16N4O/c1-10-12-5-3-11(4-6-12)8-13-7-2-9/h2,9H,1,3-8H2. The normalized spacial score (nSPS) is 18.6. The molecule has 13 heavy (non-hydrogen) atoms. The predicted molar refractivity (Wildman–Crippen MR) is 52.3 cm³/mol. The summed E-state index contributed by atoms with van der Waals surface area (Å²) in [5.74, 6) is 0. The lowest BCUT2D eigenvalue weighted by atomic mass is 10.4. The van der Waals surface area contributed by atoms with E-state index in [2.05, 4.69) is 16.7 Å². The van der Waals surface area contributed by atoms with Crippen LogP contribution in [-0.2, 0) is 4.74 Å². The largest absolute Gasteiger partial charge is 0.360 e. The minimum Gasteiger partial charge on any atom is -0.360 e. The molecule has 0 unspecified atom stereocenters. The van der Waals surface area contributed by atoms with E-state index in [1.54, 1.807) is 0 Å². The minimum atomic E-state index is 0.403. The van der Waals surface area contributed by atoms with Crippen molar-refractivity contribution in [1.82, 2.24) is 9.91 Å². The molecule has 1 fully saturated rings. The highest BCUT2D eigenvalue weighted by Gasteiger charge is 2.13. The van der Waals surface area contributed by atoms with Crippen LogP contribution < -0.4 is 0 Å². The lowest BCUT2D eigenvalue weighted by Gasteiger charge is -2.32. The second-order valence-corrected chi connectivity index (χ2v) is 2.92. The zero-order valence-corrected chi connectivity index (χ0v) is 7.78. The summed E-state index contributed by atoms with van der Waals surface area (Å²) in [5, 5.41) is 12.6. The molecule has 0 saturated carbocycles. The van der Waals surface area contributed by atoms with Crippen LogP contribution in [0.2, 0.25) is 0 Å². The van der Waals surface area contributed by atoms with E-state index in [0.717, 1.165) is 26.2 Å². The molecular formula is C8H16N4O. The van der Waals surface area contributed by atoms with Crippen molar-refractivity contribution >= 4 is 12.9 Å². The van der Waals surface area contributed by atoms with Crippen LogP contribution >= 0.6 is 0 Å². The molecule has 1 rings (SSSR count). The van der Waals surface area contributed by atoms with Gasteiger partial charge in [0.15, 0.2) is 0 Å². The van der Waals surface area contributed by atoms with Crippen LogP contribution in [0.5, 0.6) is 0 Å². The highest BCUT2D eigenvalue weighted by Crippen LogP contribution is 2.00. The van der Waals surface area contributed by atoms with E-state index in [-0.39, 0.29) is 0 Å². The quantitative estimate of drug-likeness (QED) is 0.477. The highest BCUT2D eigenvalue weighted by molar-refractivity contribution is 5.53. The van der Waals surface area contributed by atoms with Gasteiger partial charge in [0.05, 0.1) is 13.3 Å². The van der Waals surface area contributed by atoms with Crippen LogP contribution in [0.4, 0.5) is 0 Å². The Morgan fingerprint density at radius 2 is 2.08 bits per heavy atom. The first kappa shape index (κ1) is 10.1. The molecule has 1 heterocycles. The van der Waals surface area contributed by atoms with Gasteiger partial charge >= 0.3 is 0 Å². The number of ether oxygens (including phenoxy) is 1. The zero-order valence-electron chi connectivity index (χ0n) is 7.78. The molecule has 0 amide bonds. The average molecular weight is 184 g/mol. The Kier molecular flexibility index (Phi) is 4.42. The number of piperazine rings is 1. The molecule has 0 radical (unpaired) electrons. The molecule has 1 aliphatic heterocycles. The van der Waals surface area contributed by atoms with Crippen LogP contribution in [0.25, 0.3) is 0 Å². The van der Waals surface area contributed by atoms with Crippen LogP contribution in [0.3, 0.4) is 0 Å². The highest BCUT2D eigenvalue weighted by atomic mass is 16.5. The lowest BCUT2D eigenvalue weighted by molar-refractivity contribution is 0.0185. The third-order valence-corrected chi connectivity index (χ3v) is 2.02. The van der Waals surface area contributed by atoms with Crippen molar-refractivity contribution in [2.75, 3.05) is 39.5 Å². The van der Waals surface area contributed by atoms with Crippen molar-refractivity contribution in [3.8, 4) is 0 Å². The minimum absolute atomic E-state index is 0.403. The van der Waals surface area contributed by atoms with E-state index in [1.165, 1.54) is 6.21 Å². The third kappa shape index (κ3) is 3.52. The molecule has 1 saturated heterocycles. The van der Waals surface area contributed by atoms with Crippen molar-refractivity contribution in [2.45, 2.75) is 0 Å². The van der Waals surface area contributed by atoms with Gasteiger partial charge in [0.2, 0.25) is 0 Å². The average Bonchev–Trinajstić information content (AvgIpc) is 2.19. The Morgan fingerprint density at radius 3 is 2.62 bits per heavy atom. The topological polar surface area (TPSA) is 51.9 Å². The number of hydrogen-bond acceptors (Lipinski definition) is 5. The Morgan fingerprint density at radius 1 is 1.38 bits per heavy atom. The molecule has 0 spiro atoms. The van der Waals surface area contributed by atoms with E-state index in [4.69, 9.17) is 10.1 Å². The van der Waals surface area contributed by atoms with Crippen LogP contribution in [0.15, 0.2) is 5.10 Å². The Balaban J connectivity index is 2.10. The van der Waals surface area contributed by atoms with Gasteiger partial charge in [0.1, 0.15) is 0 Å². The van der Waals surface area contributed by atoms with E-state index < -0.39 is 0 Å². The van der Waals surface area contributed by atoms with E-state index in [0.29, 0.717) is 13.3 Å². The summed E-state index contributed by atoms with van der Waals surface area (Å²) in [6, 6.07) is 0. The molecule has 1 aliphatic rings. The number of rotatable bonds is 5. The summed E-state index contributed by atoms with van der Waals surface area (Å²) in [6.45, 7) is 8.23. The molecule has 0 aromatic rings. The number of hydrogen-bond donors (Lipinski definition) is 1. The van der Waals surface area contributed by atoms with Crippen LogP contribution in [-0.4, -0.2) is 62.4 Å². The first-order valence-electron chi connectivity index (χ1n) is 4.37. The van der Waals surface area contributed by atoms with Crippen molar-refractivity contribution in [3.05, 3.63) is 0 Å². The van der Waals surface area contributed by atoms with Gasteiger partial charge in [0, 0.05) is 39.1 Å². The van der Waals surface area contributed by atoms with Crippen molar-refractivity contribution in [1.29, 1.82) is 5.41 Å². The lowest BCUT2D eigenvalue weighted by Crippen LogP contribution is -2.44. The van der Waals surface area contributed by atoms with Crippen LogP contribution in [0.1, 0.15) is 0 Å². The molecule has 74 valence electrons. The van der Waals surface area contributed by atoms with Gasteiger partial charge in [0.25, 0.3) is 0 Å². The van der Waals surface area contributed by atoms with E-state index in [1.807, 2.05) is 5.01 Å². The SMILES string of the molecule is C=NN1CCN(COCC=N)CC1. The maximum absolute atomic E-state index is 6.78. The molecule has 0 bridgehead atoms. The number of nitrogens with zero attached hydrogens (tertiary/aromatic N) is 3. The summed E-state index contributed by atoms with van der Waals surface area (Å²) >= 11 is 0. The third-order valence-electron chi connectivity index (χ3n) is 2.02. The fourth-order valence-electron chi connectivity index (χ4n) is 1.25. The van der Waals surface area contributed by atoms with Gasteiger partial charge in [-0.3, -0.25) is 9.91 Å². The monoisotopic (exact) mass is 184 g/mol. The van der Waals surface area contributed by atoms with Gasteiger partial charge in [-0.25, -0.2) is 0 Å². The summed E-state index contributed by atoms with van der Waals surface area (Å²) < 4.78 is 5.21. The first-order chi connectivity index (χ1) is 6.36. The number of hydrazone groups is 1. The first-order valence-corrected chi connectivity index (χ1v) is 4.37. The molecule has 1 N–H and O–H groups in total. The van der Waals surface area contributed by atoms with Crippen molar-refractivity contribution in [3.63, 3.8) is 0 Å². The second kappa shape index (κ2) is 5.66. The van der Waals surface area contributed by atoms with Gasteiger partial charge in [-0.2, -0.15) is 5.10 Å². The Hall–Kier alpha value is -0.940. The molecule has 5 nitrogen and oxygen atoms in total. The van der Waals surface area contributed by atoms with Gasteiger partial charge in [-0.1, -0.05) is 0 Å². The molecule has 0 aromatic carbocycles. The summed E-state index contributed by atoms with van der Waals surface area (Å²) in [4.78, 5) is 2.20. The van der Waals surface area contributed by atoms with Gasteiger partial charge in [-0.15, -0.1) is 0 Å². The van der Waals surface area contributed by atoms with Gasteiger partial charge < -0.3 is 10.1 Å². The molecule has 0 aromatic heterocycles. The molecule has 5 heteroatoms. The fraction of sp³-hybridized carbons (Fsp3) is 0.750. The Labute approximate surface area is 78.5 Å². The molecule has 0 atom stereocenters. The van der Waals surface area contributed by atoms with E-state index in [9.17, 15) is 0 Å². The molecular weight excluding hydrogens is 168 g/mol.